The van der Waals surface area contributed by atoms with Gasteiger partial charge in [-0.1, -0.05) is 29.8 Å². The molecule has 1 aliphatic heterocycles. The number of nitrogens with one attached hydrogen (secondary N) is 2. The molecule has 1 fully saturated rings. The monoisotopic (exact) mass is 418 g/mol. The highest BCUT2D eigenvalue weighted by atomic mass is 35.5. The normalized spacial score (nSPS) is 18.4. The van der Waals surface area contributed by atoms with Gasteiger partial charge in [0.2, 0.25) is 11.8 Å². The van der Waals surface area contributed by atoms with Crippen molar-refractivity contribution in [1.29, 1.82) is 0 Å². The standard InChI is InChI=1S/C22H24ClFN2O3/c1-29-19-12-15(5-6-18(19)24)13-22(10-8-21(28)26-22)9-7-20(27)25-14-16-3-2-4-17(23)11-16/h2-6,11-12H,7-10,13-14H2,1H3,(H,25,27)(H,26,28)/t22-/m0/s1. The molecule has 1 saturated heterocycles. The minimum atomic E-state index is -0.521. The van der Waals surface area contributed by atoms with E-state index in [-0.39, 0.29) is 24.0 Å². The Balaban J connectivity index is 1.61. The molecule has 3 rings (SSSR count). The van der Waals surface area contributed by atoms with Crippen molar-refractivity contribution in [2.45, 2.75) is 44.2 Å². The van der Waals surface area contributed by atoms with Crippen LogP contribution in [0.2, 0.25) is 5.02 Å². The molecule has 7 heteroatoms. The van der Waals surface area contributed by atoms with Crippen molar-refractivity contribution in [2.24, 2.45) is 0 Å². The van der Waals surface area contributed by atoms with E-state index in [2.05, 4.69) is 10.6 Å². The van der Waals surface area contributed by atoms with Crippen molar-refractivity contribution < 1.29 is 18.7 Å². The average Bonchev–Trinajstić information content (AvgIpc) is 3.07. The van der Waals surface area contributed by atoms with Crippen LogP contribution in [0.3, 0.4) is 0 Å². The minimum absolute atomic E-state index is 0.0292. The van der Waals surface area contributed by atoms with Crippen molar-refractivity contribution in [1.82, 2.24) is 10.6 Å². The van der Waals surface area contributed by atoms with Crippen molar-refractivity contribution in [2.75, 3.05) is 7.11 Å². The Kier molecular flexibility index (Phi) is 6.75. The molecule has 0 radical (unpaired) electrons. The number of ether oxygens (including phenoxy) is 1. The first-order chi connectivity index (χ1) is 13.9. The lowest BCUT2D eigenvalue weighted by molar-refractivity contribution is -0.122. The molecule has 29 heavy (non-hydrogen) atoms. The second-order valence-electron chi connectivity index (χ2n) is 7.38. The maximum atomic E-state index is 13.7. The third-order valence-corrected chi connectivity index (χ3v) is 5.44. The van der Waals surface area contributed by atoms with Crippen molar-refractivity contribution >= 4 is 23.4 Å². The van der Waals surface area contributed by atoms with Gasteiger partial charge >= 0.3 is 0 Å². The first-order valence-electron chi connectivity index (χ1n) is 9.54. The van der Waals surface area contributed by atoms with Crippen LogP contribution in [0.5, 0.6) is 5.75 Å². The average molecular weight is 419 g/mol. The third-order valence-electron chi connectivity index (χ3n) is 5.20. The van der Waals surface area contributed by atoms with Gasteiger partial charge in [-0.25, -0.2) is 4.39 Å². The number of carbonyl (C=O) groups is 2. The highest BCUT2D eigenvalue weighted by molar-refractivity contribution is 6.30. The molecule has 0 unspecified atom stereocenters. The fourth-order valence-corrected chi connectivity index (χ4v) is 3.89. The van der Waals surface area contributed by atoms with Gasteiger partial charge in [0.25, 0.3) is 0 Å². The van der Waals surface area contributed by atoms with Crippen molar-refractivity contribution in [3.63, 3.8) is 0 Å². The van der Waals surface area contributed by atoms with E-state index in [0.717, 1.165) is 11.1 Å². The number of carbonyl (C=O) groups excluding carboxylic acids is 2. The number of hydrogen-bond donors (Lipinski definition) is 2. The smallest absolute Gasteiger partial charge is 0.220 e. The van der Waals surface area contributed by atoms with Crippen LogP contribution in [0, 0.1) is 5.82 Å². The molecule has 5 nitrogen and oxygen atoms in total. The summed E-state index contributed by atoms with van der Waals surface area (Å²) in [5.74, 6) is -0.386. The van der Waals surface area contributed by atoms with Gasteiger partial charge in [-0.05, 0) is 54.7 Å². The van der Waals surface area contributed by atoms with Crippen LogP contribution in [0.1, 0.15) is 36.8 Å². The van der Waals surface area contributed by atoms with Gasteiger partial charge in [0.1, 0.15) is 0 Å². The van der Waals surface area contributed by atoms with Crippen LogP contribution in [0.25, 0.3) is 0 Å². The zero-order valence-electron chi connectivity index (χ0n) is 16.3. The van der Waals surface area contributed by atoms with Crippen molar-refractivity contribution in [3.8, 4) is 5.75 Å². The second kappa shape index (κ2) is 9.27. The van der Waals surface area contributed by atoms with E-state index in [9.17, 15) is 14.0 Å². The van der Waals surface area contributed by atoms with Crippen LogP contribution in [-0.4, -0.2) is 24.5 Å². The minimum Gasteiger partial charge on any atom is -0.494 e. The zero-order chi connectivity index (χ0) is 20.9. The predicted octanol–water partition coefficient (Wildman–Crippen LogP) is 3.78. The van der Waals surface area contributed by atoms with Gasteiger partial charge in [0.05, 0.1) is 7.11 Å². The highest BCUT2D eigenvalue weighted by Gasteiger charge is 2.38. The van der Waals surface area contributed by atoms with Gasteiger partial charge in [0, 0.05) is 29.9 Å². The van der Waals surface area contributed by atoms with Crippen LogP contribution in [-0.2, 0) is 22.6 Å². The summed E-state index contributed by atoms with van der Waals surface area (Å²) in [7, 11) is 1.42. The number of methoxy groups -OCH3 is 1. The first-order valence-corrected chi connectivity index (χ1v) is 9.91. The summed E-state index contributed by atoms with van der Waals surface area (Å²) in [5, 5.41) is 6.55. The lowest BCUT2D eigenvalue weighted by atomic mass is 9.85. The molecule has 2 amide bonds. The van der Waals surface area contributed by atoms with Crippen LogP contribution >= 0.6 is 11.6 Å². The van der Waals surface area contributed by atoms with E-state index in [4.69, 9.17) is 16.3 Å². The summed E-state index contributed by atoms with van der Waals surface area (Å²) in [6.07, 6.45) is 2.34. The maximum absolute atomic E-state index is 13.7. The van der Waals surface area contributed by atoms with Gasteiger partial charge in [-0.2, -0.15) is 0 Å². The van der Waals surface area contributed by atoms with Crippen LogP contribution in [0.15, 0.2) is 42.5 Å². The molecule has 0 aliphatic carbocycles. The number of benzene rings is 2. The van der Waals surface area contributed by atoms with Gasteiger partial charge in [0.15, 0.2) is 11.6 Å². The van der Waals surface area contributed by atoms with Crippen LogP contribution < -0.4 is 15.4 Å². The Morgan fingerprint density at radius 3 is 2.79 bits per heavy atom. The molecule has 0 aromatic heterocycles. The lowest BCUT2D eigenvalue weighted by Gasteiger charge is -2.29. The third kappa shape index (κ3) is 5.70. The predicted molar refractivity (Wildman–Crippen MR) is 109 cm³/mol. The van der Waals surface area contributed by atoms with E-state index < -0.39 is 11.4 Å². The molecule has 2 aromatic carbocycles. The molecular formula is C22H24ClFN2O3. The Hall–Kier alpha value is -2.60. The first kappa shape index (κ1) is 21.1. The lowest BCUT2D eigenvalue weighted by Crippen LogP contribution is -2.44. The molecule has 154 valence electrons. The largest absolute Gasteiger partial charge is 0.494 e. The summed E-state index contributed by atoms with van der Waals surface area (Å²) in [6, 6.07) is 12.0. The molecule has 2 aromatic rings. The van der Waals surface area contributed by atoms with Gasteiger partial charge in [-0.3, -0.25) is 9.59 Å². The second-order valence-corrected chi connectivity index (χ2v) is 7.82. The number of rotatable bonds is 8. The molecule has 1 atom stereocenters. The van der Waals surface area contributed by atoms with E-state index in [1.807, 2.05) is 18.2 Å². The quantitative estimate of drug-likeness (QED) is 0.685. The van der Waals surface area contributed by atoms with Gasteiger partial charge in [-0.15, -0.1) is 0 Å². The summed E-state index contributed by atoms with van der Waals surface area (Å²) in [5.41, 5.74) is 1.26. The van der Waals surface area contributed by atoms with Crippen LogP contribution in [0.4, 0.5) is 4.39 Å². The molecule has 0 spiro atoms. The fourth-order valence-electron chi connectivity index (χ4n) is 3.68. The topological polar surface area (TPSA) is 67.4 Å². The van der Waals surface area contributed by atoms with E-state index in [0.29, 0.717) is 37.3 Å². The zero-order valence-corrected chi connectivity index (χ0v) is 17.0. The number of halogens is 2. The highest BCUT2D eigenvalue weighted by Crippen LogP contribution is 2.31. The fraction of sp³-hybridized carbons (Fsp3) is 0.364. The number of amides is 2. The Morgan fingerprint density at radius 2 is 2.10 bits per heavy atom. The Labute approximate surface area is 174 Å². The van der Waals surface area contributed by atoms with E-state index >= 15 is 0 Å². The summed E-state index contributed by atoms with van der Waals surface area (Å²) in [6.45, 7) is 0.397. The summed E-state index contributed by atoms with van der Waals surface area (Å²) < 4.78 is 18.7. The SMILES string of the molecule is COc1cc(C[C@]2(CCC(=O)NCc3cccc(Cl)c3)CCC(=O)N2)ccc1F. The number of hydrogen-bond acceptors (Lipinski definition) is 3. The summed E-state index contributed by atoms with van der Waals surface area (Å²) >= 11 is 5.96. The summed E-state index contributed by atoms with van der Waals surface area (Å²) in [4.78, 5) is 24.3. The van der Waals surface area contributed by atoms with Crippen molar-refractivity contribution in [3.05, 3.63) is 64.4 Å². The molecule has 0 bridgehead atoms. The van der Waals surface area contributed by atoms with E-state index in [1.165, 1.54) is 13.2 Å². The molecule has 1 heterocycles. The molecule has 0 saturated carbocycles. The maximum Gasteiger partial charge on any atom is 0.220 e. The molecule has 1 aliphatic rings. The molecular weight excluding hydrogens is 395 g/mol. The molecule has 2 N–H and O–H groups in total. The van der Waals surface area contributed by atoms with E-state index in [1.54, 1.807) is 18.2 Å². The van der Waals surface area contributed by atoms with Gasteiger partial charge < -0.3 is 15.4 Å². The Bertz CT molecular complexity index is 905. The Morgan fingerprint density at radius 1 is 1.28 bits per heavy atom.